The molecule has 0 N–H and O–H groups in total. The van der Waals surface area contributed by atoms with Crippen molar-refractivity contribution in [1.29, 1.82) is 5.39 Å². The Morgan fingerprint density at radius 3 is 3.00 bits per heavy atom. The summed E-state index contributed by atoms with van der Waals surface area (Å²) in [4.78, 5) is 16.6. The lowest BCUT2D eigenvalue weighted by molar-refractivity contribution is -0.118. The lowest BCUT2D eigenvalue weighted by Gasteiger charge is -2.14. The highest BCUT2D eigenvalue weighted by Gasteiger charge is 2.41. The molecule has 1 aromatic carbocycles. The van der Waals surface area contributed by atoms with Crippen LogP contribution in [0, 0.1) is 5.39 Å². The van der Waals surface area contributed by atoms with Crippen molar-refractivity contribution >= 4 is 23.2 Å². The van der Waals surface area contributed by atoms with Gasteiger partial charge in [0.2, 0.25) is 11.3 Å². The third kappa shape index (κ3) is 1.74. The Morgan fingerprint density at radius 1 is 1.56 bits per heavy atom. The van der Waals surface area contributed by atoms with Crippen LogP contribution in [0.3, 0.4) is 0 Å². The van der Waals surface area contributed by atoms with Crippen molar-refractivity contribution in [3.63, 3.8) is 0 Å². The molecule has 2 rings (SSSR count). The van der Waals surface area contributed by atoms with Crippen LogP contribution in [0.5, 0.6) is 0 Å². The highest BCUT2D eigenvalue weighted by molar-refractivity contribution is 6.19. The van der Waals surface area contributed by atoms with Crippen molar-refractivity contribution in [2.75, 3.05) is 10.8 Å². The second kappa shape index (κ2) is 4.50. The van der Waals surface area contributed by atoms with Crippen LogP contribution >= 0.6 is 11.6 Å². The number of halogens is 1. The molecule has 0 spiro atoms. The van der Waals surface area contributed by atoms with E-state index in [0.717, 1.165) is 11.3 Å². The van der Waals surface area contributed by atoms with Gasteiger partial charge in [0.25, 0.3) is 0 Å². The number of fused-ring (bicyclic) bond motifs is 1. The van der Waals surface area contributed by atoms with Gasteiger partial charge in [-0.15, -0.1) is 11.6 Å². The predicted octanol–water partition coefficient (Wildman–Crippen LogP) is 2.38. The number of carbonyl (C=O) groups is 1. The summed E-state index contributed by atoms with van der Waals surface area (Å²) in [6.07, 6.45) is 0.302. The number of rotatable bonds is 2. The Bertz CT molecular complexity index is 455. The third-order valence-corrected chi connectivity index (χ3v) is 2.85. The van der Waals surface area contributed by atoms with Crippen LogP contribution in [0.15, 0.2) is 24.3 Å². The molecule has 5 heteroatoms. The van der Waals surface area contributed by atoms with Crippen LogP contribution in [-0.2, 0) is 11.2 Å². The first kappa shape index (κ1) is 10.9. The maximum Gasteiger partial charge on any atom is 0.400 e. The quantitative estimate of drug-likeness (QED) is 0.585. The van der Waals surface area contributed by atoms with Gasteiger partial charge in [-0.2, -0.15) is 0 Å². The van der Waals surface area contributed by atoms with Gasteiger partial charge in [0.15, 0.2) is 0 Å². The number of nitrogens with zero attached hydrogens (tertiary/aromatic N) is 3. The zero-order valence-electron chi connectivity index (χ0n) is 8.64. The summed E-state index contributed by atoms with van der Waals surface area (Å²) < 4.78 is 0. The Morgan fingerprint density at radius 2 is 2.31 bits per heavy atom. The van der Waals surface area contributed by atoms with Gasteiger partial charge in [0.05, 0.1) is 12.1 Å². The first-order valence-electron chi connectivity index (χ1n) is 5.08. The molecule has 0 bridgehead atoms. The molecular weight excluding hydrogens is 226 g/mol. The van der Waals surface area contributed by atoms with Gasteiger partial charge in [-0.1, -0.05) is 18.2 Å². The fourth-order valence-electron chi connectivity index (χ4n) is 1.96. The molecule has 0 aliphatic carbocycles. The number of para-hydroxylation sites is 1. The highest BCUT2D eigenvalue weighted by Crippen LogP contribution is 2.32. The van der Waals surface area contributed by atoms with E-state index in [1.165, 1.54) is 4.90 Å². The topological polar surface area (TPSA) is 48.5 Å². The van der Waals surface area contributed by atoms with E-state index in [-0.39, 0.29) is 18.2 Å². The van der Waals surface area contributed by atoms with Crippen LogP contribution in [-0.4, -0.2) is 18.0 Å². The van der Waals surface area contributed by atoms with Crippen molar-refractivity contribution in [1.82, 2.24) is 0 Å². The van der Waals surface area contributed by atoms with Gasteiger partial charge >= 0.3 is 6.17 Å². The van der Waals surface area contributed by atoms with Crippen LogP contribution in [0.2, 0.25) is 0 Å². The molecule has 16 heavy (non-hydrogen) atoms. The highest BCUT2D eigenvalue weighted by atomic mass is 35.5. The number of anilines is 1. The molecule has 82 valence electrons. The smallest absolute Gasteiger partial charge is 0.274 e. The molecule has 0 aromatic heterocycles. The molecule has 1 unspecified atom stereocenters. The van der Waals surface area contributed by atoms with E-state index >= 15 is 0 Å². The molecule has 0 radical (unpaired) electrons. The normalized spacial score (nSPS) is 18.0. The number of carbonyl (C=O) groups excluding carboxylic acids is 1. The summed E-state index contributed by atoms with van der Waals surface area (Å²) in [5.74, 6) is 0.165. The molecule has 1 amide bonds. The van der Waals surface area contributed by atoms with E-state index in [0.29, 0.717) is 6.42 Å². The molecule has 0 saturated carbocycles. The van der Waals surface area contributed by atoms with Crippen molar-refractivity contribution in [2.45, 2.75) is 19.0 Å². The van der Waals surface area contributed by atoms with Crippen LogP contribution in [0.25, 0.3) is 4.98 Å². The molecule has 1 heterocycles. The monoisotopic (exact) mass is 236 g/mol. The van der Waals surface area contributed by atoms with Crippen molar-refractivity contribution in [3.8, 4) is 0 Å². The zero-order valence-corrected chi connectivity index (χ0v) is 9.39. The van der Waals surface area contributed by atoms with E-state index in [1.54, 1.807) is 0 Å². The Labute approximate surface area is 98.4 Å². The van der Waals surface area contributed by atoms with Crippen LogP contribution < -0.4 is 4.90 Å². The van der Waals surface area contributed by atoms with Crippen molar-refractivity contribution in [2.24, 2.45) is 0 Å². The largest absolute Gasteiger partial charge is 0.400 e. The molecule has 1 aromatic rings. The molecule has 0 fully saturated rings. The van der Waals surface area contributed by atoms with E-state index < -0.39 is 6.17 Å². The summed E-state index contributed by atoms with van der Waals surface area (Å²) in [6, 6.07) is 7.55. The first-order chi connectivity index (χ1) is 7.77. The SMILES string of the molecule is N#[N+]C1Cc2ccccc2N1C(=O)CCCl. The van der Waals surface area contributed by atoms with Gasteiger partial charge < -0.3 is 0 Å². The minimum Gasteiger partial charge on any atom is -0.274 e. The van der Waals surface area contributed by atoms with E-state index in [9.17, 15) is 4.79 Å². The van der Waals surface area contributed by atoms with E-state index in [4.69, 9.17) is 17.0 Å². The number of alkyl halides is 1. The summed E-state index contributed by atoms with van der Waals surface area (Å²) in [5.41, 5.74) is 1.84. The molecule has 1 atom stereocenters. The molecular formula is C11H11ClN3O+. The average molecular weight is 237 g/mol. The lowest BCUT2D eigenvalue weighted by atomic mass is 10.1. The summed E-state index contributed by atoms with van der Waals surface area (Å²) in [6.45, 7) is 0. The Balaban J connectivity index is 2.35. The summed E-state index contributed by atoms with van der Waals surface area (Å²) in [7, 11) is 0. The maximum atomic E-state index is 11.8. The van der Waals surface area contributed by atoms with Gasteiger partial charge in [0.1, 0.15) is 4.98 Å². The van der Waals surface area contributed by atoms with Crippen LogP contribution in [0.4, 0.5) is 5.69 Å². The maximum absolute atomic E-state index is 11.8. The fourth-order valence-corrected chi connectivity index (χ4v) is 2.12. The minimum absolute atomic E-state index is 0.109. The standard InChI is InChI=1S/C11H11ClN3O/c12-6-5-11(16)15-9-4-2-1-3-8(9)7-10(15)14-13/h1-4,10H,5-7H2/q+1. The van der Waals surface area contributed by atoms with Gasteiger partial charge in [-0.3, -0.25) is 4.79 Å². The number of hydrogen-bond acceptors (Lipinski definition) is 2. The second-order valence-corrected chi connectivity index (χ2v) is 4.01. The zero-order chi connectivity index (χ0) is 11.5. The van der Waals surface area contributed by atoms with E-state index in [2.05, 4.69) is 4.98 Å². The van der Waals surface area contributed by atoms with Gasteiger partial charge in [-0.05, 0) is 11.6 Å². The average Bonchev–Trinajstić information content (AvgIpc) is 2.67. The number of hydrogen-bond donors (Lipinski definition) is 0. The van der Waals surface area contributed by atoms with Crippen LogP contribution in [0.1, 0.15) is 12.0 Å². The Hall–Kier alpha value is -1.60. The summed E-state index contributed by atoms with van der Waals surface area (Å²) in [5, 5.41) is 8.92. The molecule has 4 nitrogen and oxygen atoms in total. The third-order valence-electron chi connectivity index (χ3n) is 2.66. The number of benzene rings is 1. The molecule has 1 aliphatic heterocycles. The van der Waals surface area contributed by atoms with Gasteiger partial charge in [0, 0.05) is 12.3 Å². The molecule has 0 saturated heterocycles. The first-order valence-corrected chi connectivity index (χ1v) is 5.61. The fraction of sp³-hybridized carbons (Fsp3) is 0.364. The lowest BCUT2D eigenvalue weighted by Crippen LogP contribution is -2.35. The minimum atomic E-state index is -0.506. The number of diazo groups is 1. The molecule has 1 aliphatic rings. The second-order valence-electron chi connectivity index (χ2n) is 3.63. The Kier molecular flexibility index (Phi) is 3.07. The van der Waals surface area contributed by atoms with Crippen molar-refractivity contribution in [3.05, 3.63) is 34.8 Å². The predicted molar refractivity (Wildman–Crippen MR) is 61.8 cm³/mol. The van der Waals surface area contributed by atoms with E-state index in [1.807, 2.05) is 24.3 Å². The van der Waals surface area contributed by atoms with Crippen molar-refractivity contribution < 1.29 is 4.79 Å². The van der Waals surface area contributed by atoms with Gasteiger partial charge in [-0.25, -0.2) is 4.90 Å². The number of amides is 1. The summed E-state index contributed by atoms with van der Waals surface area (Å²) >= 11 is 5.55.